The first kappa shape index (κ1) is 10.7. The molecule has 0 aromatic heterocycles. The molecule has 0 unspecified atom stereocenters. The van der Waals surface area contributed by atoms with Crippen LogP contribution in [-0.4, -0.2) is 45.1 Å². The monoisotopic (exact) mass is 172 g/mol. The normalized spacial score (nSPS) is 13.6. The van der Waals surface area contributed by atoms with E-state index in [9.17, 15) is 13.2 Å². The summed E-state index contributed by atoms with van der Waals surface area (Å²) in [7, 11) is 5.42. The molecule has 0 rings (SSSR count). The molecule has 0 saturated heterocycles. The van der Waals surface area contributed by atoms with Crippen molar-refractivity contribution in [2.45, 2.75) is 6.36 Å². The van der Waals surface area contributed by atoms with Gasteiger partial charge in [-0.3, -0.25) is 4.74 Å². The van der Waals surface area contributed by atoms with Crippen molar-refractivity contribution >= 4 is 0 Å². The van der Waals surface area contributed by atoms with Crippen molar-refractivity contribution in [3.05, 3.63) is 0 Å². The number of alkyl halides is 3. The lowest BCUT2D eigenvalue weighted by Gasteiger charge is -2.23. The van der Waals surface area contributed by atoms with Gasteiger partial charge in [-0.05, 0) is 0 Å². The molecule has 0 aromatic rings. The third kappa shape index (κ3) is 9.71. The topological polar surface area (TPSA) is 9.23 Å². The van der Waals surface area contributed by atoms with Crippen LogP contribution in [0.2, 0.25) is 0 Å². The SMILES string of the molecule is C[N+](C)(C)CCOC(F)(F)F. The summed E-state index contributed by atoms with van der Waals surface area (Å²) < 4.78 is 38.3. The molecule has 0 bridgehead atoms. The molecule has 0 aliphatic carbocycles. The average Bonchev–Trinajstić information content (AvgIpc) is 1.55. The van der Waals surface area contributed by atoms with Gasteiger partial charge >= 0.3 is 6.36 Å². The zero-order valence-electron chi connectivity index (χ0n) is 6.90. The Balaban J connectivity index is 3.44. The van der Waals surface area contributed by atoms with Crippen molar-refractivity contribution < 1.29 is 22.4 Å². The number of halogens is 3. The summed E-state index contributed by atoms with van der Waals surface area (Å²) in [6.45, 7) is 0.0620. The van der Waals surface area contributed by atoms with E-state index in [2.05, 4.69) is 4.74 Å². The van der Waals surface area contributed by atoms with E-state index in [1.807, 2.05) is 0 Å². The summed E-state index contributed by atoms with van der Waals surface area (Å²) in [5.41, 5.74) is 0. The Hall–Kier alpha value is -0.290. The van der Waals surface area contributed by atoms with Gasteiger partial charge in [0.25, 0.3) is 0 Å². The van der Waals surface area contributed by atoms with Crippen LogP contribution in [0.1, 0.15) is 0 Å². The molecule has 0 amide bonds. The van der Waals surface area contributed by atoms with Gasteiger partial charge in [0.15, 0.2) is 0 Å². The van der Waals surface area contributed by atoms with E-state index < -0.39 is 6.36 Å². The number of rotatable bonds is 3. The molecule has 2 nitrogen and oxygen atoms in total. The van der Waals surface area contributed by atoms with Gasteiger partial charge in [-0.25, -0.2) is 0 Å². The van der Waals surface area contributed by atoms with Gasteiger partial charge in [-0.1, -0.05) is 0 Å². The summed E-state index contributed by atoms with van der Waals surface area (Å²) in [6.07, 6.45) is -4.49. The van der Waals surface area contributed by atoms with Gasteiger partial charge < -0.3 is 4.48 Å². The third-order valence-corrected chi connectivity index (χ3v) is 1.03. The molecule has 0 spiro atoms. The summed E-state index contributed by atoms with van der Waals surface area (Å²) >= 11 is 0. The maximum absolute atomic E-state index is 11.4. The Morgan fingerprint density at radius 1 is 1.18 bits per heavy atom. The van der Waals surface area contributed by atoms with Gasteiger partial charge in [0, 0.05) is 0 Å². The van der Waals surface area contributed by atoms with Crippen LogP contribution in [0.3, 0.4) is 0 Å². The minimum Gasteiger partial charge on any atom is -0.329 e. The molecule has 0 radical (unpaired) electrons. The van der Waals surface area contributed by atoms with Crippen LogP contribution < -0.4 is 0 Å². The number of likely N-dealkylation sites (N-methyl/N-ethyl adjacent to an activating group) is 1. The van der Waals surface area contributed by atoms with Crippen LogP contribution in [0.4, 0.5) is 13.2 Å². The maximum Gasteiger partial charge on any atom is 0.522 e. The first-order chi connectivity index (χ1) is 4.71. The van der Waals surface area contributed by atoms with Crippen molar-refractivity contribution in [3.8, 4) is 0 Å². The first-order valence-corrected chi connectivity index (χ1v) is 3.22. The van der Waals surface area contributed by atoms with Gasteiger partial charge in [0.2, 0.25) is 0 Å². The minimum absolute atomic E-state index is 0.285. The summed E-state index contributed by atoms with van der Waals surface area (Å²) in [4.78, 5) is 0. The Morgan fingerprint density at radius 2 is 1.64 bits per heavy atom. The van der Waals surface area contributed by atoms with Gasteiger partial charge in [0.05, 0.1) is 21.1 Å². The average molecular weight is 172 g/mol. The molecule has 0 aromatic carbocycles. The smallest absolute Gasteiger partial charge is 0.329 e. The second-order valence-electron chi connectivity index (χ2n) is 3.31. The predicted molar refractivity (Wildman–Crippen MR) is 34.9 cm³/mol. The zero-order valence-corrected chi connectivity index (χ0v) is 6.90. The molecule has 0 aliphatic heterocycles. The molecule has 11 heavy (non-hydrogen) atoms. The fourth-order valence-corrected chi connectivity index (χ4v) is 0.435. The standard InChI is InChI=1S/C6H13F3NO/c1-10(2,3)4-5-11-6(7,8)9/h4-5H2,1-3H3/q+1. The first-order valence-electron chi connectivity index (χ1n) is 3.22. The highest BCUT2D eigenvalue weighted by atomic mass is 19.4. The lowest BCUT2D eigenvalue weighted by atomic mass is 10.5. The molecule has 5 heteroatoms. The van der Waals surface area contributed by atoms with E-state index in [0.717, 1.165) is 0 Å². The summed E-state index contributed by atoms with van der Waals surface area (Å²) in [5, 5.41) is 0. The fourth-order valence-electron chi connectivity index (χ4n) is 0.435. The van der Waals surface area contributed by atoms with Crippen molar-refractivity contribution in [3.63, 3.8) is 0 Å². The Labute approximate surface area is 64.1 Å². The second-order valence-corrected chi connectivity index (χ2v) is 3.31. The Bertz CT molecular complexity index is 102. The molecule has 68 valence electrons. The van der Waals surface area contributed by atoms with Crippen LogP contribution in [0, 0.1) is 0 Å². The molecule has 0 aliphatic rings. The van der Waals surface area contributed by atoms with E-state index in [0.29, 0.717) is 11.0 Å². The molecule has 0 N–H and O–H groups in total. The van der Waals surface area contributed by atoms with Crippen molar-refractivity contribution in [2.24, 2.45) is 0 Å². The number of hydrogen-bond donors (Lipinski definition) is 0. The third-order valence-electron chi connectivity index (χ3n) is 1.03. The Kier molecular flexibility index (Phi) is 3.31. The predicted octanol–water partition coefficient (Wildman–Crippen LogP) is 1.23. The molecule has 0 saturated carbocycles. The maximum atomic E-state index is 11.4. The number of hydrogen-bond acceptors (Lipinski definition) is 1. The van der Waals surface area contributed by atoms with Crippen LogP contribution in [-0.2, 0) is 4.74 Å². The van der Waals surface area contributed by atoms with E-state index in [1.165, 1.54) is 0 Å². The molecule has 0 heterocycles. The van der Waals surface area contributed by atoms with E-state index in [4.69, 9.17) is 0 Å². The van der Waals surface area contributed by atoms with Crippen molar-refractivity contribution in [1.29, 1.82) is 0 Å². The molecular weight excluding hydrogens is 159 g/mol. The van der Waals surface area contributed by atoms with E-state index >= 15 is 0 Å². The second kappa shape index (κ2) is 3.40. The lowest BCUT2D eigenvalue weighted by molar-refractivity contribution is -0.871. The van der Waals surface area contributed by atoms with Gasteiger partial charge in [0.1, 0.15) is 13.2 Å². The van der Waals surface area contributed by atoms with Crippen molar-refractivity contribution in [2.75, 3.05) is 34.3 Å². The van der Waals surface area contributed by atoms with Crippen LogP contribution in [0.25, 0.3) is 0 Å². The molecule has 0 fully saturated rings. The van der Waals surface area contributed by atoms with Gasteiger partial charge in [-0.15, -0.1) is 13.2 Å². The minimum atomic E-state index is -4.49. The lowest BCUT2D eigenvalue weighted by Crippen LogP contribution is -2.38. The molecular formula is C6H13F3NO+. The highest BCUT2D eigenvalue weighted by molar-refractivity contribution is 4.31. The summed E-state index contributed by atoms with van der Waals surface area (Å²) in [5.74, 6) is 0. The summed E-state index contributed by atoms with van der Waals surface area (Å²) in [6, 6.07) is 0. The van der Waals surface area contributed by atoms with Gasteiger partial charge in [-0.2, -0.15) is 0 Å². The van der Waals surface area contributed by atoms with E-state index in [-0.39, 0.29) is 6.61 Å². The Morgan fingerprint density at radius 3 is 1.91 bits per heavy atom. The highest BCUT2D eigenvalue weighted by Gasteiger charge is 2.29. The molecule has 0 atom stereocenters. The number of ether oxygens (including phenoxy) is 1. The van der Waals surface area contributed by atoms with Crippen LogP contribution in [0.15, 0.2) is 0 Å². The van der Waals surface area contributed by atoms with Crippen LogP contribution in [0.5, 0.6) is 0 Å². The largest absolute Gasteiger partial charge is 0.522 e. The number of quaternary nitrogens is 1. The van der Waals surface area contributed by atoms with Crippen molar-refractivity contribution in [1.82, 2.24) is 0 Å². The van der Waals surface area contributed by atoms with E-state index in [1.54, 1.807) is 21.1 Å². The zero-order chi connectivity index (χ0) is 9.12. The quantitative estimate of drug-likeness (QED) is 0.582. The highest BCUT2D eigenvalue weighted by Crippen LogP contribution is 2.15. The van der Waals surface area contributed by atoms with Crippen LogP contribution >= 0.6 is 0 Å². The fraction of sp³-hybridized carbons (Fsp3) is 1.00. The number of nitrogens with zero attached hydrogens (tertiary/aromatic N) is 1.